The minimum Gasteiger partial charge on any atom is -0.381 e. The van der Waals surface area contributed by atoms with Gasteiger partial charge in [0.2, 0.25) is 0 Å². The molecular weight excluding hydrogens is 231 g/mol. The van der Waals surface area contributed by atoms with Gasteiger partial charge in [-0.1, -0.05) is 22.6 Å². The molecule has 0 amide bonds. The van der Waals surface area contributed by atoms with E-state index in [4.69, 9.17) is 9.47 Å². The van der Waals surface area contributed by atoms with E-state index in [1.165, 1.54) is 0 Å². The third kappa shape index (κ3) is 0.991. The fourth-order valence-electron chi connectivity index (χ4n) is 1.42. The molecule has 3 heteroatoms. The van der Waals surface area contributed by atoms with Crippen LogP contribution in [0.15, 0.2) is 0 Å². The van der Waals surface area contributed by atoms with Crippen LogP contribution in [0.1, 0.15) is 0 Å². The Hall–Kier alpha value is 0.650. The lowest BCUT2D eigenvalue weighted by Crippen LogP contribution is -2.12. The van der Waals surface area contributed by atoms with Gasteiger partial charge in [-0.15, -0.1) is 0 Å². The van der Waals surface area contributed by atoms with Gasteiger partial charge >= 0.3 is 0 Å². The molecule has 2 saturated heterocycles. The van der Waals surface area contributed by atoms with Crippen molar-refractivity contribution in [3.05, 3.63) is 0 Å². The van der Waals surface area contributed by atoms with Gasteiger partial charge in [0.15, 0.2) is 0 Å². The molecule has 0 spiro atoms. The first-order chi connectivity index (χ1) is 4.38. The summed E-state index contributed by atoms with van der Waals surface area (Å²) in [5, 5.41) is 0. The quantitative estimate of drug-likeness (QED) is 0.465. The first kappa shape index (κ1) is 6.37. The Morgan fingerprint density at radius 2 is 2.11 bits per heavy atom. The molecule has 0 bridgehead atoms. The molecule has 0 aromatic heterocycles. The highest BCUT2D eigenvalue weighted by atomic mass is 127. The number of rotatable bonds is 0. The van der Waals surface area contributed by atoms with E-state index < -0.39 is 0 Å². The van der Waals surface area contributed by atoms with Crippen molar-refractivity contribution < 1.29 is 9.47 Å². The standard InChI is InChI=1S/C6H9IO2/c7-6-5-3-8-1-4(5)2-9-6/h4-6H,1-3H2/t4-,5-,6-/m0/s1. The maximum Gasteiger partial charge on any atom is 0.114 e. The van der Waals surface area contributed by atoms with E-state index in [0.29, 0.717) is 15.9 Å². The van der Waals surface area contributed by atoms with Gasteiger partial charge < -0.3 is 9.47 Å². The number of alkyl halides is 1. The monoisotopic (exact) mass is 240 g/mol. The van der Waals surface area contributed by atoms with Gasteiger partial charge in [-0.05, 0) is 0 Å². The van der Waals surface area contributed by atoms with Crippen molar-refractivity contribution in [1.29, 1.82) is 0 Å². The first-order valence-corrected chi connectivity index (χ1v) is 4.46. The van der Waals surface area contributed by atoms with Gasteiger partial charge in [-0.2, -0.15) is 0 Å². The molecule has 0 unspecified atom stereocenters. The molecule has 2 nitrogen and oxygen atoms in total. The van der Waals surface area contributed by atoms with Crippen molar-refractivity contribution in [2.24, 2.45) is 11.8 Å². The second-order valence-corrected chi connectivity index (χ2v) is 3.87. The van der Waals surface area contributed by atoms with Crippen molar-refractivity contribution in [2.45, 2.75) is 4.11 Å². The van der Waals surface area contributed by atoms with Gasteiger partial charge in [0.1, 0.15) is 4.11 Å². The van der Waals surface area contributed by atoms with Crippen LogP contribution in [0, 0.1) is 11.8 Å². The Balaban J connectivity index is 2.07. The summed E-state index contributed by atoms with van der Waals surface area (Å²) in [5.74, 6) is 1.39. The summed E-state index contributed by atoms with van der Waals surface area (Å²) in [7, 11) is 0. The van der Waals surface area contributed by atoms with Gasteiger partial charge in [0.25, 0.3) is 0 Å². The molecule has 2 aliphatic rings. The van der Waals surface area contributed by atoms with Crippen LogP contribution in [0.5, 0.6) is 0 Å². The zero-order valence-corrected chi connectivity index (χ0v) is 7.21. The maximum atomic E-state index is 5.43. The Morgan fingerprint density at radius 1 is 1.22 bits per heavy atom. The highest BCUT2D eigenvalue weighted by Gasteiger charge is 2.39. The predicted octanol–water partition coefficient (Wildman–Crippen LogP) is 1.04. The summed E-state index contributed by atoms with van der Waals surface area (Å²) >= 11 is 2.35. The SMILES string of the molecule is I[C@H]1OC[C@@H]2COC[C@@H]21. The lowest BCUT2D eigenvalue weighted by atomic mass is 10.0. The summed E-state index contributed by atoms with van der Waals surface area (Å²) in [6.07, 6.45) is 0. The van der Waals surface area contributed by atoms with Crippen LogP contribution in [-0.2, 0) is 9.47 Å². The second-order valence-electron chi connectivity index (χ2n) is 2.65. The molecule has 0 aliphatic carbocycles. The first-order valence-electron chi connectivity index (χ1n) is 3.21. The van der Waals surface area contributed by atoms with Crippen LogP contribution >= 0.6 is 22.6 Å². The highest BCUT2D eigenvalue weighted by molar-refractivity contribution is 14.1. The predicted molar refractivity (Wildman–Crippen MR) is 41.6 cm³/mol. The van der Waals surface area contributed by atoms with E-state index in [0.717, 1.165) is 19.8 Å². The molecule has 0 radical (unpaired) electrons. The Morgan fingerprint density at radius 3 is 2.89 bits per heavy atom. The van der Waals surface area contributed by atoms with Crippen LogP contribution < -0.4 is 0 Å². The molecular formula is C6H9IO2. The normalized spacial score (nSPS) is 49.7. The van der Waals surface area contributed by atoms with Crippen molar-refractivity contribution >= 4 is 22.6 Å². The fourth-order valence-corrected chi connectivity index (χ4v) is 2.42. The minimum atomic E-state index is 0.412. The molecule has 0 N–H and O–H groups in total. The Bertz CT molecular complexity index is 118. The topological polar surface area (TPSA) is 18.5 Å². The molecule has 0 saturated carbocycles. The average Bonchev–Trinajstić information content (AvgIpc) is 2.35. The molecule has 2 heterocycles. The Kier molecular flexibility index (Phi) is 1.67. The van der Waals surface area contributed by atoms with Gasteiger partial charge in [-0.25, -0.2) is 0 Å². The lowest BCUT2D eigenvalue weighted by molar-refractivity contribution is 0.0999. The summed E-state index contributed by atoms with van der Waals surface area (Å²) in [6, 6.07) is 0. The van der Waals surface area contributed by atoms with E-state index in [1.54, 1.807) is 0 Å². The van der Waals surface area contributed by atoms with E-state index in [1.807, 2.05) is 0 Å². The lowest BCUT2D eigenvalue weighted by Gasteiger charge is -2.06. The van der Waals surface area contributed by atoms with Crippen molar-refractivity contribution in [1.82, 2.24) is 0 Å². The van der Waals surface area contributed by atoms with E-state index in [9.17, 15) is 0 Å². The molecule has 0 aromatic carbocycles. The second kappa shape index (κ2) is 2.36. The molecule has 2 aliphatic heterocycles. The third-order valence-electron chi connectivity index (χ3n) is 2.05. The van der Waals surface area contributed by atoms with Crippen molar-refractivity contribution in [2.75, 3.05) is 19.8 Å². The van der Waals surface area contributed by atoms with E-state index in [-0.39, 0.29) is 0 Å². The minimum absolute atomic E-state index is 0.412. The van der Waals surface area contributed by atoms with Crippen LogP contribution in [0.25, 0.3) is 0 Å². The summed E-state index contributed by atoms with van der Waals surface area (Å²) in [6.45, 7) is 2.75. The van der Waals surface area contributed by atoms with Crippen LogP contribution in [-0.4, -0.2) is 23.9 Å². The largest absolute Gasteiger partial charge is 0.381 e. The fraction of sp³-hybridized carbons (Fsp3) is 1.00. The molecule has 2 fully saturated rings. The zero-order valence-electron chi connectivity index (χ0n) is 5.05. The van der Waals surface area contributed by atoms with Gasteiger partial charge in [-0.3, -0.25) is 0 Å². The molecule has 0 aromatic rings. The number of hydrogen-bond donors (Lipinski definition) is 0. The molecule has 2 rings (SSSR count). The summed E-state index contributed by atoms with van der Waals surface area (Å²) in [5.41, 5.74) is 0. The van der Waals surface area contributed by atoms with Crippen molar-refractivity contribution in [3.8, 4) is 0 Å². The summed E-state index contributed by atoms with van der Waals surface area (Å²) in [4.78, 5) is 0. The van der Waals surface area contributed by atoms with Crippen LogP contribution in [0.3, 0.4) is 0 Å². The van der Waals surface area contributed by atoms with Crippen LogP contribution in [0.2, 0.25) is 0 Å². The highest BCUT2D eigenvalue weighted by Crippen LogP contribution is 2.35. The summed E-state index contributed by atoms with van der Waals surface area (Å²) < 4.78 is 11.1. The van der Waals surface area contributed by atoms with Crippen molar-refractivity contribution in [3.63, 3.8) is 0 Å². The zero-order chi connectivity index (χ0) is 6.27. The maximum absolute atomic E-state index is 5.43. The molecule has 3 atom stereocenters. The number of halogens is 1. The number of hydrogen-bond acceptors (Lipinski definition) is 2. The smallest absolute Gasteiger partial charge is 0.114 e. The van der Waals surface area contributed by atoms with Gasteiger partial charge in [0, 0.05) is 11.8 Å². The number of ether oxygens (including phenoxy) is 2. The average molecular weight is 240 g/mol. The van der Waals surface area contributed by atoms with E-state index >= 15 is 0 Å². The van der Waals surface area contributed by atoms with Crippen LogP contribution in [0.4, 0.5) is 0 Å². The van der Waals surface area contributed by atoms with Gasteiger partial charge in [0.05, 0.1) is 19.8 Å². The Labute approximate surface area is 68.0 Å². The number of fused-ring (bicyclic) bond motifs is 1. The molecule has 9 heavy (non-hydrogen) atoms. The third-order valence-corrected chi connectivity index (χ3v) is 3.34. The molecule has 52 valence electrons. The van der Waals surface area contributed by atoms with E-state index in [2.05, 4.69) is 22.6 Å².